The minimum Gasteiger partial charge on any atom is -0.497 e. The number of hydrogen-bond acceptors (Lipinski definition) is 4. The molecule has 0 atom stereocenters. The molecule has 0 aliphatic heterocycles. The number of ether oxygens (including phenoxy) is 1. The molecule has 1 heterocycles. The molecular formula is C22H20FN3O3. The highest BCUT2D eigenvalue weighted by Gasteiger charge is 2.12. The number of amides is 2. The van der Waals surface area contributed by atoms with Gasteiger partial charge < -0.3 is 15.4 Å². The zero-order valence-corrected chi connectivity index (χ0v) is 15.8. The predicted octanol–water partition coefficient (Wildman–Crippen LogP) is 3.45. The summed E-state index contributed by atoms with van der Waals surface area (Å²) in [4.78, 5) is 28.7. The SMILES string of the molecule is COc1ccc(CCNC(=O)c2cncc(C(=O)Nc3ccc(F)cc3)c2)cc1. The van der Waals surface area contributed by atoms with Crippen molar-refractivity contribution in [2.75, 3.05) is 19.0 Å². The molecule has 0 spiro atoms. The monoisotopic (exact) mass is 393 g/mol. The van der Waals surface area contributed by atoms with Crippen molar-refractivity contribution >= 4 is 17.5 Å². The van der Waals surface area contributed by atoms with Crippen molar-refractivity contribution in [3.8, 4) is 5.75 Å². The Morgan fingerprint density at radius 2 is 1.62 bits per heavy atom. The molecule has 6 nitrogen and oxygen atoms in total. The van der Waals surface area contributed by atoms with Crippen LogP contribution in [0.4, 0.5) is 10.1 Å². The first-order valence-electron chi connectivity index (χ1n) is 8.98. The molecule has 0 saturated heterocycles. The number of carbonyl (C=O) groups excluding carboxylic acids is 2. The predicted molar refractivity (Wildman–Crippen MR) is 108 cm³/mol. The smallest absolute Gasteiger partial charge is 0.257 e. The number of benzene rings is 2. The fraction of sp³-hybridized carbons (Fsp3) is 0.136. The minimum absolute atomic E-state index is 0.233. The Labute approximate surface area is 167 Å². The summed E-state index contributed by atoms with van der Waals surface area (Å²) in [5, 5.41) is 5.45. The summed E-state index contributed by atoms with van der Waals surface area (Å²) in [6.07, 6.45) is 3.43. The third-order valence-corrected chi connectivity index (χ3v) is 4.22. The van der Waals surface area contributed by atoms with Crippen molar-refractivity contribution in [2.24, 2.45) is 0 Å². The van der Waals surface area contributed by atoms with Crippen LogP contribution in [0.3, 0.4) is 0 Å². The van der Waals surface area contributed by atoms with Crippen LogP contribution in [0.15, 0.2) is 67.0 Å². The first-order valence-corrected chi connectivity index (χ1v) is 8.98. The van der Waals surface area contributed by atoms with E-state index in [1.165, 1.54) is 42.7 Å². The zero-order valence-electron chi connectivity index (χ0n) is 15.8. The first-order chi connectivity index (χ1) is 14.0. The summed E-state index contributed by atoms with van der Waals surface area (Å²) < 4.78 is 18.1. The maximum Gasteiger partial charge on any atom is 0.257 e. The lowest BCUT2D eigenvalue weighted by Gasteiger charge is -2.08. The van der Waals surface area contributed by atoms with Crippen molar-refractivity contribution in [1.29, 1.82) is 0 Å². The maximum atomic E-state index is 13.0. The summed E-state index contributed by atoms with van der Waals surface area (Å²) >= 11 is 0. The summed E-state index contributed by atoms with van der Waals surface area (Å²) in [5.41, 5.74) is 2.03. The van der Waals surface area contributed by atoms with Crippen LogP contribution in [0.25, 0.3) is 0 Å². The number of nitrogens with one attached hydrogen (secondary N) is 2. The van der Waals surface area contributed by atoms with E-state index in [9.17, 15) is 14.0 Å². The summed E-state index contributed by atoms with van der Waals surface area (Å²) in [6, 6.07) is 14.5. The van der Waals surface area contributed by atoms with Gasteiger partial charge in [0.1, 0.15) is 11.6 Å². The molecule has 0 saturated carbocycles. The normalized spacial score (nSPS) is 10.3. The van der Waals surface area contributed by atoms with Crippen molar-refractivity contribution < 1.29 is 18.7 Å². The van der Waals surface area contributed by atoms with Crippen molar-refractivity contribution in [2.45, 2.75) is 6.42 Å². The standard InChI is InChI=1S/C22H20FN3O3/c1-29-20-8-2-15(3-9-20)10-11-25-21(27)16-12-17(14-24-13-16)22(28)26-19-6-4-18(23)5-7-19/h2-9,12-14H,10-11H2,1H3,(H,25,27)(H,26,28). The maximum absolute atomic E-state index is 13.0. The van der Waals surface area contributed by atoms with Crippen molar-refractivity contribution in [3.05, 3.63) is 89.5 Å². The van der Waals surface area contributed by atoms with Gasteiger partial charge in [-0.3, -0.25) is 14.6 Å². The topological polar surface area (TPSA) is 80.3 Å². The van der Waals surface area contributed by atoms with Gasteiger partial charge in [-0.25, -0.2) is 4.39 Å². The molecule has 148 valence electrons. The number of carbonyl (C=O) groups is 2. The second kappa shape index (κ2) is 9.45. The lowest BCUT2D eigenvalue weighted by molar-refractivity contribution is 0.0953. The molecule has 3 rings (SSSR count). The molecule has 2 amide bonds. The van der Waals surface area contributed by atoms with E-state index in [-0.39, 0.29) is 17.0 Å². The highest BCUT2D eigenvalue weighted by molar-refractivity contribution is 6.05. The summed E-state index contributed by atoms with van der Waals surface area (Å²) in [6.45, 7) is 0.442. The molecular weight excluding hydrogens is 373 g/mol. The van der Waals surface area contributed by atoms with E-state index >= 15 is 0 Å². The molecule has 0 fully saturated rings. The van der Waals surface area contributed by atoms with Gasteiger partial charge in [0.15, 0.2) is 0 Å². The fourth-order valence-corrected chi connectivity index (χ4v) is 2.64. The molecule has 29 heavy (non-hydrogen) atoms. The number of nitrogens with zero attached hydrogens (tertiary/aromatic N) is 1. The molecule has 0 unspecified atom stereocenters. The van der Waals surface area contributed by atoms with Gasteiger partial charge in [0.2, 0.25) is 0 Å². The van der Waals surface area contributed by atoms with Crippen LogP contribution in [0.5, 0.6) is 5.75 Å². The summed E-state index contributed by atoms with van der Waals surface area (Å²) in [5.74, 6) is -0.364. The van der Waals surface area contributed by atoms with Gasteiger partial charge in [-0.15, -0.1) is 0 Å². The summed E-state index contributed by atoms with van der Waals surface area (Å²) in [7, 11) is 1.61. The van der Waals surface area contributed by atoms with Crippen molar-refractivity contribution in [3.63, 3.8) is 0 Å². The lowest BCUT2D eigenvalue weighted by Crippen LogP contribution is -2.26. The molecule has 0 aliphatic rings. The van der Waals surface area contributed by atoms with Gasteiger partial charge in [-0.2, -0.15) is 0 Å². The molecule has 0 bridgehead atoms. The number of hydrogen-bond donors (Lipinski definition) is 2. The number of halogens is 1. The molecule has 2 N–H and O–H groups in total. The van der Waals surface area contributed by atoms with E-state index in [1.807, 2.05) is 24.3 Å². The van der Waals surface area contributed by atoms with Crippen LogP contribution in [-0.2, 0) is 6.42 Å². The largest absolute Gasteiger partial charge is 0.497 e. The Hall–Kier alpha value is -3.74. The van der Waals surface area contributed by atoms with E-state index < -0.39 is 11.7 Å². The molecule has 1 aromatic heterocycles. The number of rotatable bonds is 7. The van der Waals surface area contributed by atoms with E-state index in [4.69, 9.17) is 4.74 Å². The van der Waals surface area contributed by atoms with Crippen LogP contribution in [0.1, 0.15) is 26.3 Å². The van der Waals surface area contributed by atoms with Crippen LogP contribution < -0.4 is 15.4 Å². The van der Waals surface area contributed by atoms with Gasteiger partial charge in [0.05, 0.1) is 18.2 Å². The van der Waals surface area contributed by atoms with E-state index in [0.29, 0.717) is 18.7 Å². The van der Waals surface area contributed by atoms with Gasteiger partial charge in [0.25, 0.3) is 11.8 Å². The highest BCUT2D eigenvalue weighted by Crippen LogP contribution is 2.12. The third-order valence-electron chi connectivity index (χ3n) is 4.22. The third kappa shape index (κ3) is 5.62. The van der Waals surface area contributed by atoms with E-state index in [0.717, 1.165) is 11.3 Å². The Kier molecular flexibility index (Phi) is 6.52. The quantitative estimate of drug-likeness (QED) is 0.644. The number of pyridine rings is 1. The second-order valence-electron chi connectivity index (χ2n) is 6.28. The van der Waals surface area contributed by atoms with Gasteiger partial charge in [0, 0.05) is 24.6 Å². The van der Waals surface area contributed by atoms with Gasteiger partial charge >= 0.3 is 0 Å². The second-order valence-corrected chi connectivity index (χ2v) is 6.28. The van der Waals surface area contributed by atoms with E-state index in [2.05, 4.69) is 15.6 Å². The first kappa shape index (κ1) is 20.0. The molecule has 7 heteroatoms. The Bertz CT molecular complexity index is 989. The lowest BCUT2D eigenvalue weighted by atomic mass is 10.1. The average Bonchev–Trinajstić information content (AvgIpc) is 2.76. The van der Waals surface area contributed by atoms with Gasteiger partial charge in [-0.05, 0) is 54.4 Å². The highest BCUT2D eigenvalue weighted by atomic mass is 19.1. The van der Waals surface area contributed by atoms with Crippen LogP contribution in [0, 0.1) is 5.82 Å². The minimum atomic E-state index is -0.433. The van der Waals surface area contributed by atoms with Crippen molar-refractivity contribution in [1.82, 2.24) is 10.3 Å². The number of aromatic nitrogens is 1. The molecule has 2 aromatic carbocycles. The Morgan fingerprint density at radius 1 is 0.966 bits per heavy atom. The van der Waals surface area contributed by atoms with Gasteiger partial charge in [-0.1, -0.05) is 12.1 Å². The number of anilines is 1. The van der Waals surface area contributed by atoms with E-state index in [1.54, 1.807) is 7.11 Å². The van der Waals surface area contributed by atoms with Crippen LogP contribution >= 0.6 is 0 Å². The Morgan fingerprint density at radius 3 is 2.28 bits per heavy atom. The zero-order chi connectivity index (χ0) is 20.6. The average molecular weight is 393 g/mol. The Balaban J connectivity index is 1.56. The number of methoxy groups -OCH3 is 1. The van der Waals surface area contributed by atoms with Crippen LogP contribution in [0.2, 0.25) is 0 Å². The molecule has 0 aliphatic carbocycles. The fourth-order valence-electron chi connectivity index (χ4n) is 2.64. The van der Waals surface area contributed by atoms with Crippen LogP contribution in [-0.4, -0.2) is 30.5 Å². The molecule has 3 aromatic rings. The molecule has 0 radical (unpaired) electrons.